The number of nitrogens with one attached hydrogen (secondary N) is 1. The van der Waals surface area contributed by atoms with Crippen molar-refractivity contribution in [2.75, 3.05) is 20.3 Å². The van der Waals surface area contributed by atoms with Crippen LogP contribution >= 0.6 is 0 Å². The van der Waals surface area contributed by atoms with Crippen molar-refractivity contribution in [1.82, 2.24) is 5.32 Å². The second-order valence-corrected chi connectivity index (χ2v) is 4.39. The summed E-state index contributed by atoms with van der Waals surface area (Å²) in [7, 11) is 1.77. The average Bonchev–Trinajstić information content (AvgIpc) is 2.53. The molecule has 1 rings (SSSR count). The molecule has 2 heteroatoms. The molecule has 0 bridgehead atoms. The van der Waals surface area contributed by atoms with Crippen LogP contribution in [-0.4, -0.2) is 25.8 Å². The molecule has 1 fully saturated rings. The van der Waals surface area contributed by atoms with Gasteiger partial charge in [0.25, 0.3) is 0 Å². The largest absolute Gasteiger partial charge is 0.385 e. The number of rotatable bonds is 6. The predicted molar refractivity (Wildman–Crippen MR) is 56.0 cm³/mol. The molecule has 0 aromatic heterocycles. The Bertz CT molecular complexity index is 130. The van der Waals surface area contributed by atoms with Crippen molar-refractivity contribution in [2.24, 2.45) is 0 Å². The smallest absolute Gasteiger partial charge is 0.0462 e. The average molecular weight is 185 g/mol. The summed E-state index contributed by atoms with van der Waals surface area (Å²) < 4.78 is 5.01. The van der Waals surface area contributed by atoms with Gasteiger partial charge in [0.05, 0.1) is 0 Å². The van der Waals surface area contributed by atoms with Gasteiger partial charge in [0.15, 0.2) is 0 Å². The monoisotopic (exact) mass is 185 g/mol. The minimum atomic E-state index is 0.451. The van der Waals surface area contributed by atoms with Gasteiger partial charge in [-0.3, -0.25) is 0 Å². The van der Waals surface area contributed by atoms with Gasteiger partial charge in [-0.05, 0) is 39.2 Å². The maximum Gasteiger partial charge on any atom is 0.0462 e. The zero-order valence-electron chi connectivity index (χ0n) is 9.07. The van der Waals surface area contributed by atoms with Gasteiger partial charge in [0.2, 0.25) is 0 Å². The van der Waals surface area contributed by atoms with Gasteiger partial charge < -0.3 is 10.1 Å². The third-order valence-corrected chi connectivity index (χ3v) is 3.03. The van der Waals surface area contributed by atoms with Gasteiger partial charge in [-0.2, -0.15) is 0 Å². The Morgan fingerprint density at radius 1 is 1.23 bits per heavy atom. The van der Waals surface area contributed by atoms with Crippen molar-refractivity contribution >= 4 is 0 Å². The van der Waals surface area contributed by atoms with Crippen molar-refractivity contribution in [3.8, 4) is 0 Å². The molecule has 1 N–H and O–H groups in total. The van der Waals surface area contributed by atoms with Gasteiger partial charge in [0, 0.05) is 19.3 Å². The quantitative estimate of drug-likeness (QED) is 0.641. The van der Waals surface area contributed by atoms with E-state index in [1.165, 1.54) is 38.5 Å². The summed E-state index contributed by atoms with van der Waals surface area (Å²) in [5.41, 5.74) is 0.451. The molecule has 78 valence electrons. The van der Waals surface area contributed by atoms with Gasteiger partial charge in [-0.15, -0.1) is 0 Å². The SMILES string of the molecule is COCCCCNC1(C)CCCC1. The Balaban J connectivity index is 1.98. The van der Waals surface area contributed by atoms with E-state index in [1.54, 1.807) is 7.11 Å². The Kier molecular flexibility index (Phi) is 4.74. The van der Waals surface area contributed by atoms with E-state index in [1.807, 2.05) is 0 Å². The van der Waals surface area contributed by atoms with Crippen LogP contribution < -0.4 is 5.32 Å². The van der Waals surface area contributed by atoms with E-state index in [-0.39, 0.29) is 0 Å². The van der Waals surface area contributed by atoms with Crippen molar-refractivity contribution < 1.29 is 4.74 Å². The molecular formula is C11H23NO. The summed E-state index contributed by atoms with van der Waals surface area (Å²) in [6, 6.07) is 0. The number of hydrogen-bond acceptors (Lipinski definition) is 2. The van der Waals surface area contributed by atoms with Crippen LogP contribution in [0.15, 0.2) is 0 Å². The standard InChI is InChI=1S/C11H23NO/c1-11(7-3-4-8-11)12-9-5-6-10-13-2/h12H,3-10H2,1-2H3. The van der Waals surface area contributed by atoms with E-state index in [0.29, 0.717) is 5.54 Å². The summed E-state index contributed by atoms with van der Waals surface area (Å²) in [5, 5.41) is 3.66. The van der Waals surface area contributed by atoms with Gasteiger partial charge >= 0.3 is 0 Å². The number of methoxy groups -OCH3 is 1. The Morgan fingerprint density at radius 3 is 2.54 bits per heavy atom. The maximum atomic E-state index is 5.01. The highest BCUT2D eigenvalue weighted by Crippen LogP contribution is 2.28. The summed E-state index contributed by atoms with van der Waals surface area (Å²) in [5.74, 6) is 0. The number of hydrogen-bond donors (Lipinski definition) is 1. The Hall–Kier alpha value is -0.0800. The lowest BCUT2D eigenvalue weighted by molar-refractivity contribution is 0.191. The van der Waals surface area contributed by atoms with E-state index < -0.39 is 0 Å². The third kappa shape index (κ3) is 4.10. The van der Waals surface area contributed by atoms with Crippen LogP contribution in [0.25, 0.3) is 0 Å². The minimum Gasteiger partial charge on any atom is -0.385 e. The van der Waals surface area contributed by atoms with Crippen molar-refractivity contribution in [3.05, 3.63) is 0 Å². The van der Waals surface area contributed by atoms with E-state index in [0.717, 1.165) is 13.2 Å². The molecule has 0 radical (unpaired) electrons. The highest BCUT2D eigenvalue weighted by molar-refractivity contribution is 4.87. The van der Waals surface area contributed by atoms with Crippen molar-refractivity contribution in [3.63, 3.8) is 0 Å². The fraction of sp³-hybridized carbons (Fsp3) is 1.00. The molecule has 0 heterocycles. The van der Waals surface area contributed by atoms with Crippen LogP contribution in [0.4, 0.5) is 0 Å². The maximum absolute atomic E-state index is 5.01. The zero-order valence-corrected chi connectivity index (χ0v) is 9.07. The molecule has 0 amide bonds. The Morgan fingerprint density at radius 2 is 1.92 bits per heavy atom. The zero-order chi connectivity index (χ0) is 9.57. The summed E-state index contributed by atoms with van der Waals surface area (Å²) in [4.78, 5) is 0. The van der Waals surface area contributed by atoms with Crippen LogP contribution in [0.3, 0.4) is 0 Å². The normalized spacial score (nSPS) is 20.8. The van der Waals surface area contributed by atoms with Crippen LogP contribution in [0, 0.1) is 0 Å². The van der Waals surface area contributed by atoms with Gasteiger partial charge in [0.1, 0.15) is 0 Å². The second kappa shape index (κ2) is 5.61. The summed E-state index contributed by atoms with van der Waals surface area (Å²) >= 11 is 0. The van der Waals surface area contributed by atoms with E-state index in [2.05, 4.69) is 12.2 Å². The lowest BCUT2D eigenvalue weighted by Crippen LogP contribution is -2.39. The molecule has 13 heavy (non-hydrogen) atoms. The molecule has 0 aromatic carbocycles. The van der Waals surface area contributed by atoms with Gasteiger partial charge in [-0.1, -0.05) is 12.8 Å². The molecule has 1 aliphatic carbocycles. The van der Waals surface area contributed by atoms with E-state index in [4.69, 9.17) is 4.74 Å². The molecule has 1 saturated carbocycles. The fourth-order valence-corrected chi connectivity index (χ4v) is 2.09. The van der Waals surface area contributed by atoms with Crippen molar-refractivity contribution in [1.29, 1.82) is 0 Å². The highest BCUT2D eigenvalue weighted by Gasteiger charge is 2.26. The molecule has 2 nitrogen and oxygen atoms in total. The topological polar surface area (TPSA) is 21.3 Å². The van der Waals surface area contributed by atoms with Gasteiger partial charge in [-0.25, -0.2) is 0 Å². The van der Waals surface area contributed by atoms with Crippen LogP contribution in [0.1, 0.15) is 45.4 Å². The first kappa shape index (κ1) is 11.0. The summed E-state index contributed by atoms with van der Waals surface area (Å²) in [6.07, 6.45) is 7.95. The highest BCUT2D eigenvalue weighted by atomic mass is 16.5. The number of unbranched alkanes of at least 4 members (excludes halogenated alkanes) is 1. The van der Waals surface area contributed by atoms with E-state index in [9.17, 15) is 0 Å². The molecule has 0 spiro atoms. The van der Waals surface area contributed by atoms with Crippen LogP contribution in [0.5, 0.6) is 0 Å². The molecule has 0 aliphatic heterocycles. The summed E-state index contributed by atoms with van der Waals surface area (Å²) in [6.45, 7) is 4.41. The van der Waals surface area contributed by atoms with Crippen molar-refractivity contribution in [2.45, 2.75) is 51.0 Å². The minimum absolute atomic E-state index is 0.451. The first-order chi connectivity index (χ1) is 6.27. The van der Waals surface area contributed by atoms with E-state index >= 15 is 0 Å². The lowest BCUT2D eigenvalue weighted by atomic mass is 10.0. The fourth-order valence-electron chi connectivity index (χ4n) is 2.09. The predicted octanol–water partition coefficient (Wildman–Crippen LogP) is 2.34. The molecular weight excluding hydrogens is 162 g/mol. The van der Waals surface area contributed by atoms with Crippen LogP contribution in [-0.2, 0) is 4.74 Å². The number of ether oxygens (including phenoxy) is 1. The first-order valence-corrected chi connectivity index (χ1v) is 5.51. The van der Waals surface area contributed by atoms with Crippen LogP contribution in [0.2, 0.25) is 0 Å². The molecule has 0 unspecified atom stereocenters. The first-order valence-electron chi connectivity index (χ1n) is 5.51. The molecule has 0 atom stereocenters. The molecule has 0 saturated heterocycles. The second-order valence-electron chi connectivity index (χ2n) is 4.39. The third-order valence-electron chi connectivity index (χ3n) is 3.03. The Labute approximate surface area is 82.0 Å². The molecule has 1 aliphatic rings. The lowest BCUT2D eigenvalue weighted by Gasteiger charge is -2.25. The molecule has 0 aromatic rings.